The number of carbonyl (C=O) groups excluding carboxylic acids is 1. The third-order valence-electron chi connectivity index (χ3n) is 7.53. The van der Waals surface area contributed by atoms with E-state index in [1.165, 1.54) is 11.3 Å². The third kappa shape index (κ3) is 5.87. The summed E-state index contributed by atoms with van der Waals surface area (Å²) in [6.45, 7) is 13.3. The highest BCUT2D eigenvalue weighted by Crippen LogP contribution is 2.37. The van der Waals surface area contributed by atoms with Crippen LogP contribution in [-0.2, 0) is 4.74 Å². The maximum Gasteiger partial charge on any atom is 0.264 e. The molecule has 2 aromatic rings. The molecular formula is C29H39FN2O2S. The van der Waals surface area contributed by atoms with E-state index in [2.05, 4.69) is 11.5 Å². The molecule has 1 aromatic carbocycles. The van der Waals surface area contributed by atoms with E-state index < -0.39 is 0 Å². The Labute approximate surface area is 213 Å². The van der Waals surface area contributed by atoms with Gasteiger partial charge >= 0.3 is 0 Å². The second-order valence-corrected chi connectivity index (χ2v) is 10.5. The maximum atomic E-state index is 15.2. The molecule has 3 aliphatic heterocycles. The highest BCUT2D eigenvalue weighted by Gasteiger charge is 2.29. The lowest BCUT2D eigenvalue weighted by Gasteiger charge is -2.39. The van der Waals surface area contributed by atoms with Crippen LogP contribution < -0.4 is 0 Å². The number of benzene rings is 1. The Kier molecular flexibility index (Phi) is 9.15. The van der Waals surface area contributed by atoms with Gasteiger partial charge in [0.1, 0.15) is 5.82 Å². The Morgan fingerprint density at radius 3 is 2.37 bits per heavy atom. The van der Waals surface area contributed by atoms with Crippen LogP contribution in [0.3, 0.4) is 0 Å². The molecule has 190 valence electrons. The van der Waals surface area contributed by atoms with Crippen molar-refractivity contribution in [1.82, 2.24) is 9.80 Å². The van der Waals surface area contributed by atoms with Crippen molar-refractivity contribution in [3.05, 3.63) is 52.7 Å². The zero-order valence-electron chi connectivity index (χ0n) is 21.2. The van der Waals surface area contributed by atoms with Crippen molar-refractivity contribution in [2.45, 2.75) is 64.3 Å². The molecule has 4 nitrogen and oxygen atoms in total. The summed E-state index contributed by atoms with van der Waals surface area (Å²) >= 11 is 1.45. The van der Waals surface area contributed by atoms with Crippen LogP contribution in [0.4, 0.5) is 4.39 Å². The van der Waals surface area contributed by atoms with Crippen LogP contribution in [0, 0.1) is 5.82 Å². The molecule has 0 radical (unpaired) electrons. The summed E-state index contributed by atoms with van der Waals surface area (Å²) in [5.41, 5.74) is 2.51. The Morgan fingerprint density at radius 1 is 1.06 bits per heavy atom. The molecule has 0 aliphatic carbocycles. The van der Waals surface area contributed by atoms with Crippen molar-refractivity contribution in [2.24, 2.45) is 0 Å². The Balaban J connectivity index is 0.00000141. The molecule has 1 aromatic heterocycles. The van der Waals surface area contributed by atoms with Crippen LogP contribution in [-0.4, -0.2) is 61.1 Å². The normalized spacial score (nSPS) is 19.9. The molecule has 3 fully saturated rings. The average Bonchev–Trinajstić information content (AvgIpc) is 3.61. The minimum atomic E-state index is -0.127. The van der Waals surface area contributed by atoms with Crippen molar-refractivity contribution >= 4 is 23.3 Å². The molecule has 0 N–H and O–H groups in total. The predicted molar refractivity (Wildman–Crippen MR) is 144 cm³/mol. The second-order valence-electron chi connectivity index (χ2n) is 9.49. The fourth-order valence-corrected chi connectivity index (χ4v) is 6.69. The van der Waals surface area contributed by atoms with Crippen molar-refractivity contribution in [3.8, 4) is 10.4 Å². The van der Waals surface area contributed by atoms with Gasteiger partial charge in [-0.05, 0) is 86.4 Å². The van der Waals surface area contributed by atoms with Crippen molar-refractivity contribution in [2.75, 3.05) is 39.4 Å². The molecule has 0 unspecified atom stereocenters. The average molecular weight is 499 g/mol. The number of nitrogens with zero attached hydrogens (tertiary/aromatic N) is 2. The van der Waals surface area contributed by atoms with E-state index in [0.29, 0.717) is 10.9 Å². The fourth-order valence-electron chi connectivity index (χ4n) is 5.57. The Morgan fingerprint density at radius 2 is 1.74 bits per heavy atom. The zero-order valence-corrected chi connectivity index (χ0v) is 22.0. The first-order chi connectivity index (χ1) is 17.1. The third-order valence-corrected chi connectivity index (χ3v) is 8.72. The number of rotatable bonds is 5. The molecule has 0 atom stereocenters. The van der Waals surface area contributed by atoms with Gasteiger partial charge < -0.3 is 14.5 Å². The molecule has 35 heavy (non-hydrogen) atoms. The standard InChI is InChI=1S/C27H33FN2O2S.C2H6/c1-2-19-18-25(33-26(19)27(31)30-11-3-4-12-30)21-5-6-23(24(28)17-21)20-7-13-29(14-8-20)22-9-15-32-16-10-22;1-2/h2,5-6,17-18,20,22H,1,3-4,7-16H2;1-2H3. The number of amides is 1. The lowest BCUT2D eigenvalue weighted by atomic mass is 9.87. The predicted octanol–water partition coefficient (Wildman–Crippen LogP) is 6.82. The molecule has 0 saturated carbocycles. The molecule has 0 spiro atoms. The number of likely N-dealkylation sites (tertiary alicyclic amines) is 2. The van der Waals surface area contributed by atoms with Crippen LogP contribution in [0.15, 0.2) is 30.8 Å². The maximum absolute atomic E-state index is 15.2. The van der Waals surface area contributed by atoms with Gasteiger partial charge in [0.15, 0.2) is 0 Å². The summed E-state index contributed by atoms with van der Waals surface area (Å²) < 4.78 is 20.7. The van der Waals surface area contributed by atoms with Crippen LogP contribution in [0.2, 0.25) is 0 Å². The minimum absolute atomic E-state index is 0.0760. The van der Waals surface area contributed by atoms with E-state index in [1.807, 2.05) is 36.9 Å². The number of thiophene rings is 1. The van der Waals surface area contributed by atoms with Gasteiger partial charge in [-0.3, -0.25) is 4.79 Å². The van der Waals surface area contributed by atoms with Gasteiger partial charge in [-0.1, -0.05) is 38.6 Å². The van der Waals surface area contributed by atoms with Gasteiger partial charge in [0.2, 0.25) is 0 Å². The highest BCUT2D eigenvalue weighted by molar-refractivity contribution is 7.17. The number of hydrogen-bond acceptors (Lipinski definition) is 4. The van der Waals surface area contributed by atoms with Gasteiger partial charge in [0.05, 0.1) is 4.88 Å². The van der Waals surface area contributed by atoms with Crippen molar-refractivity contribution in [1.29, 1.82) is 0 Å². The molecule has 4 heterocycles. The Bertz CT molecular complexity index is 1000. The van der Waals surface area contributed by atoms with Crippen molar-refractivity contribution in [3.63, 3.8) is 0 Å². The van der Waals surface area contributed by atoms with Crippen molar-refractivity contribution < 1.29 is 13.9 Å². The van der Waals surface area contributed by atoms with E-state index >= 15 is 4.39 Å². The Hall–Kier alpha value is -2.02. The van der Waals surface area contributed by atoms with Crippen LogP contribution in [0.25, 0.3) is 16.5 Å². The lowest BCUT2D eigenvalue weighted by Crippen LogP contribution is -2.43. The smallest absolute Gasteiger partial charge is 0.264 e. The highest BCUT2D eigenvalue weighted by atomic mass is 32.1. The SMILES string of the molecule is C=Cc1cc(-c2ccc(C3CCN(C4CCOCC4)CC3)c(F)c2)sc1C(=O)N1CCCC1.CC. The topological polar surface area (TPSA) is 32.8 Å². The second kappa shape index (κ2) is 12.3. The van der Waals surface area contributed by atoms with Gasteiger partial charge in [0, 0.05) is 37.2 Å². The largest absolute Gasteiger partial charge is 0.381 e. The van der Waals surface area contributed by atoms with Gasteiger partial charge in [-0.2, -0.15) is 0 Å². The van der Waals surface area contributed by atoms with E-state index in [0.717, 1.165) is 99.5 Å². The first kappa shape index (κ1) is 26.1. The minimum Gasteiger partial charge on any atom is -0.381 e. The number of piperidine rings is 1. The quantitative estimate of drug-likeness (QED) is 0.454. The molecule has 3 aliphatic rings. The molecule has 3 saturated heterocycles. The van der Waals surface area contributed by atoms with Crippen LogP contribution >= 0.6 is 11.3 Å². The van der Waals surface area contributed by atoms with E-state index in [-0.39, 0.29) is 17.6 Å². The van der Waals surface area contributed by atoms with Gasteiger partial charge in [-0.15, -0.1) is 11.3 Å². The van der Waals surface area contributed by atoms with E-state index in [1.54, 1.807) is 12.1 Å². The summed E-state index contributed by atoms with van der Waals surface area (Å²) in [4.78, 5) is 19.1. The van der Waals surface area contributed by atoms with E-state index in [9.17, 15) is 4.79 Å². The molecular weight excluding hydrogens is 459 g/mol. The number of ether oxygens (including phenoxy) is 1. The molecule has 6 heteroatoms. The molecule has 1 amide bonds. The van der Waals surface area contributed by atoms with Gasteiger partial charge in [0.25, 0.3) is 5.91 Å². The number of halogens is 1. The first-order valence-electron chi connectivity index (χ1n) is 13.3. The van der Waals surface area contributed by atoms with Gasteiger partial charge in [-0.25, -0.2) is 4.39 Å². The first-order valence-corrected chi connectivity index (χ1v) is 14.1. The summed E-state index contributed by atoms with van der Waals surface area (Å²) in [7, 11) is 0. The van der Waals surface area contributed by atoms with Crippen LogP contribution in [0.5, 0.6) is 0 Å². The van der Waals surface area contributed by atoms with E-state index in [4.69, 9.17) is 4.74 Å². The summed E-state index contributed by atoms with van der Waals surface area (Å²) in [5, 5.41) is 0. The number of hydrogen-bond donors (Lipinski definition) is 0. The number of carbonyl (C=O) groups is 1. The molecule has 0 bridgehead atoms. The summed E-state index contributed by atoms with van der Waals surface area (Å²) in [5.74, 6) is 0.222. The molecule has 5 rings (SSSR count). The summed E-state index contributed by atoms with van der Waals surface area (Å²) in [6.07, 6.45) is 8.10. The fraction of sp³-hybridized carbons (Fsp3) is 0.552. The van der Waals surface area contributed by atoms with Crippen LogP contribution in [0.1, 0.15) is 79.1 Å². The lowest BCUT2D eigenvalue weighted by molar-refractivity contribution is 0.0250. The zero-order chi connectivity index (χ0) is 24.8. The summed E-state index contributed by atoms with van der Waals surface area (Å²) in [6, 6.07) is 8.24. The monoisotopic (exact) mass is 498 g/mol.